The summed E-state index contributed by atoms with van der Waals surface area (Å²) in [5.74, 6) is 0.128. The molecule has 3 amide bonds. The maximum Gasteiger partial charge on any atom is 0.527 e. The van der Waals surface area contributed by atoms with E-state index in [0.717, 1.165) is 18.4 Å². The molecule has 1 aromatic carbocycles. The predicted molar refractivity (Wildman–Crippen MR) is 161 cm³/mol. The molecule has 236 valence electrons. The number of anilines is 1. The van der Waals surface area contributed by atoms with Crippen molar-refractivity contribution < 1.29 is 28.8 Å². The Hall–Kier alpha value is -4.26. The number of nitrogens with zero attached hydrogens (tertiary/aromatic N) is 5. The first-order valence-electron chi connectivity index (χ1n) is 15.3. The summed E-state index contributed by atoms with van der Waals surface area (Å²) in [7, 11) is 0. The maximum absolute atomic E-state index is 13.7. The molecule has 2 saturated heterocycles. The molecule has 3 aliphatic rings. The van der Waals surface area contributed by atoms with Crippen LogP contribution in [-0.4, -0.2) is 95.7 Å². The van der Waals surface area contributed by atoms with E-state index in [9.17, 15) is 19.2 Å². The van der Waals surface area contributed by atoms with Crippen molar-refractivity contribution in [2.24, 2.45) is 29.4 Å². The molecule has 0 bridgehead atoms. The molecule has 3 fully saturated rings. The highest BCUT2D eigenvalue weighted by atomic mass is 16.8. The van der Waals surface area contributed by atoms with Crippen LogP contribution in [0.5, 0.6) is 0 Å². The number of nitrogens with two attached hydrogens (primary N) is 1. The van der Waals surface area contributed by atoms with Gasteiger partial charge in [0.05, 0.1) is 19.7 Å². The number of hydrogen-bond donors (Lipinski definition) is 2. The SMILES string of the molecule is CCCCOC(=O)ON1CCN(C(=O)[C@@H](NC(=O)c2cc(N3C[C@@H]4C(C(N)=O)[C@@H]4C3)nc(-c3ccccc3)n2)C(C)C)CC1. The van der Waals surface area contributed by atoms with Gasteiger partial charge in [-0.25, -0.2) is 14.8 Å². The number of hydrogen-bond acceptors (Lipinski definition) is 10. The molecule has 2 aromatic rings. The van der Waals surface area contributed by atoms with Crippen LogP contribution in [0.3, 0.4) is 0 Å². The number of carbonyl (C=O) groups excluding carboxylic acids is 4. The molecule has 44 heavy (non-hydrogen) atoms. The zero-order chi connectivity index (χ0) is 31.4. The fourth-order valence-corrected chi connectivity index (χ4v) is 5.92. The van der Waals surface area contributed by atoms with Crippen LogP contribution in [0.15, 0.2) is 36.4 Å². The highest BCUT2D eigenvalue weighted by molar-refractivity contribution is 5.97. The minimum absolute atomic E-state index is 0.102. The summed E-state index contributed by atoms with van der Waals surface area (Å²) >= 11 is 0. The number of piperidine rings is 1. The smallest absolute Gasteiger partial charge is 0.433 e. The van der Waals surface area contributed by atoms with Gasteiger partial charge in [-0.1, -0.05) is 57.5 Å². The van der Waals surface area contributed by atoms with Crippen molar-refractivity contribution in [2.75, 3.05) is 50.8 Å². The summed E-state index contributed by atoms with van der Waals surface area (Å²) in [4.78, 5) is 69.1. The molecule has 0 spiro atoms. The fourth-order valence-electron chi connectivity index (χ4n) is 5.92. The van der Waals surface area contributed by atoms with E-state index < -0.39 is 18.1 Å². The van der Waals surface area contributed by atoms with Gasteiger partial charge in [-0.05, 0) is 24.2 Å². The summed E-state index contributed by atoms with van der Waals surface area (Å²) < 4.78 is 5.05. The van der Waals surface area contributed by atoms with E-state index in [-0.39, 0.29) is 41.2 Å². The van der Waals surface area contributed by atoms with Crippen LogP contribution < -0.4 is 16.0 Å². The van der Waals surface area contributed by atoms with E-state index in [2.05, 4.69) is 15.2 Å². The first kappa shape index (κ1) is 31.2. The van der Waals surface area contributed by atoms with Crippen LogP contribution in [0.4, 0.5) is 10.6 Å². The Morgan fingerprint density at radius 1 is 1.02 bits per heavy atom. The largest absolute Gasteiger partial charge is 0.527 e. The number of primary amides is 1. The number of amides is 3. The maximum atomic E-state index is 13.7. The summed E-state index contributed by atoms with van der Waals surface area (Å²) in [6, 6.07) is 10.2. The van der Waals surface area contributed by atoms with Crippen LogP contribution in [-0.2, 0) is 19.2 Å². The van der Waals surface area contributed by atoms with E-state index in [1.807, 2.05) is 51.1 Å². The Morgan fingerprint density at radius 3 is 2.32 bits per heavy atom. The quantitative estimate of drug-likeness (QED) is 0.286. The van der Waals surface area contributed by atoms with E-state index in [1.54, 1.807) is 11.0 Å². The number of ether oxygens (including phenoxy) is 1. The fraction of sp³-hybridized carbons (Fsp3) is 0.548. The van der Waals surface area contributed by atoms with Gasteiger partial charge in [0, 0.05) is 43.7 Å². The van der Waals surface area contributed by atoms with Gasteiger partial charge in [0.15, 0.2) is 5.82 Å². The van der Waals surface area contributed by atoms with Gasteiger partial charge in [-0.2, -0.15) is 0 Å². The van der Waals surface area contributed by atoms with Crippen molar-refractivity contribution in [1.29, 1.82) is 0 Å². The standard InChI is InChI=1S/C31H41N7O6/c1-4-5-15-43-31(42)44-38-13-11-36(12-14-38)30(41)26(19(2)3)35-29(40)23-16-24(34-28(33-23)20-9-7-6-8-10-20)37-17-21-22(18-37)25(21)27(32)39/h6-10,16,19,21-22,25-26H,4-5,11-15,17-18H2,1-3H3,(H2,32,39)(H,35,40)/t21-,22+,25?,26-/m0/s1. The topological polar surface area (TPSA) is 160 Å². The predicted octanol–water partition coefficient (Wildman–Crippen LogP) is 2.08. The molecule has 1 aliphatic carbocycles. The van der Waals surface area contributed by atoms with Crippen molar-refractivity contribution in [3.05, 3.63) is 42.1 Å². The Kier molecular flexibility index (Phi) is 9.62. The van der Waals surface area contributed by atoms with Crippen LogP contribution in [0.2, 0.25) is 0 Å². The monoisotopic (exact) mass is 607 g/mol. The molecule has 1 saturated carbocycles. The summed E-state index contributed by atoms with van der Waals surface area (Å²) in [5.41, 5.74) is 6.45. The molecule has 13 nitrogen and oxygen atoms in total. The van der Waals surface area contributed by atoms with Crippen molar-refractivity contribution in [1.82, 2.24) is 25.2 Å². The lowest BCUT2D eigenvalue weighted by atomic mass is 10.0. The second-order valence-electron chi connectivity index (χ2n) is 12.0. The second kappa shape index (κ2) is 13.6. The van der Waals surface area contributed by atoms with Crippen molar-refractivity contribution in [3.63, 3.8) is 0 Å². The number of carbonyl (C=O) groups is 4. The molecule has 1 unspecified atom stereocenters. The highest BCUT2D eigenvalue weighted by Gasteiger charge is 2.59. The first-order valence-corrected chi connectivity index (χ1v) is 15.3. The minimum Gasteiger partial charge on any atom is -0.433 e. The molecule has 0 radical (unpaired) electrons. The van der Waals surface area contributed by atoms with Crippen molar-refractivity contribution in [3.8, 4) is 11.4 Å². The Bertz CT molecular complexity index is 1350. The summed E-state index contributed by atoms with van der Waals surface area (Å²) in [5, 5.41) is 4.41. The first-order chi connectivity index (χ1) is 21.2. The third-order valence-electron chi connectivity index (χ3n) is 8.51. The summed E-state index contributed by atoms with van der Waals surface area (Å²) in [6.07, 6.45) is 0.926. The average molecular weight is 608 g/mol. The van der Waals surface area contributed by atoms with Gasteiger partial charge in [0.1, 0.15) is 17.6 Å². The van der Waals surface area contributed by atoms with E-state index in [1.165, 1.54) is 5.06 Å². The van der Waals surface area contributed by atoms with Gasteiger partial charge < -0.3 is 30.4 Å². The third kappa shape index (κ3) is 7.09. The van der Waals surface area contributed by atoms with Gasteiger partial charge in [0.2, 0.25) is 11.8 Å². The number of aromatic nitrogens is 2. The molecule has 1 aromatic heterocycles. The average Bonchev–Trinajstić information content (AvgIpc) is 3.54. The lowest BCUT2D eigenvalue weighted by Crippen LogP contribution is -2.56. The Labute approximate surface area is 257 Å². The van der Waals surface area contributed by atoms with Gasteiger partial charge in [0.25, 0.3) is 5.91 Å². The number of fused-ring (bicyclic) bond motifs is 1. The number of unbranched alkanes of at least 4 members (excludes halogenated alkanes) is 1. The highest BCUT2D eigenvalue weighted by Crippen LogP contribution is 2.52. The molecular weight excluding hydrogens is 566 g/mol. The van der Waals surface area contributed by atoms with E-state index >= 15 is 0 Å². The number of rotatable bonds is 11. The zero-order valence-corrected chi connectivity index (χ0v) is 25.5. The Morgan fingerprint density at radius 2 is 1.70 bits per heavy atom. The van der Waals surface area contributed by atoms with Gasteiger partial charge >= 0.3 is 6.16 Å². The minimum atomic E-state index is -0.789. The number of piperazine rings is 1. The van der Waals surface area contributed by atoms with E-state index in [0.29, 0.717) is 57.5 Å². The molecule has 3 N–H and O–H groups in total. The molecule has 2 aliphatic heterocycles. The molecular formula is C31H41N7O6. The zero-order valence-electron chi connectivity index (χ0n) is 25.5. The van der Waals surface area contributed by atoms with Crippen molar-refractivity contribution in [2.45, 2.75) is 39.7 Å². The van der Waals surface area contributed by atoms with Crippen LogP contribution >= 0.6 is 0 Å². The third-order valence-corrected chi connectivity index (χ3v) is 8.51. The normalized spacial score (nSPS) is 21.9. The molecule has 4 atom stereocenters. The number of hydroxylamine groups is 2. The molecule has 5 rings (SSSR count). The van der Waals surface area contributed by atoms with Crippen molar-refractivity contribution >= 4 is 29.7 Å². The number of benzene rings is 1. The molecule has 13 heteroatoms. The van der Waals surface area contributed by atoms with Crippen LogP contribution in [0.1, 0.15) is 44.1 Å². The lowest BCUT2D eigenvalue weighted by Gasteiger charge is -2.35. The van der Waals surface area contributed by atoms with E-state index in [4.69, 9.17) is 20.3 Å². The number of nitrogens with one attached hydrogen (secondary N) is 1. The van der Waals surface area contributed by atoms with Crippen LogP contribution in [0.25, 0.3) is 11.4 Å². The summed E-state index contributed by atoms with van der Waals surface area (Å²) in [6.45, 7) is 8.65. The molecule has 3 heterocycles. The Balaban J connectivity index is 1.26. The van der Waals surface area contributed by atoms with Gasteiger partial charge in [-0.3, -0.25) is 14.4 Å². The second-order valence-corrected chi connectivity index (χ2v) is 12.0. The van der Waals surface area contributed by atoms with Gasteiger partial charge in [-0.15, -0.1) is 5.06 Å². The lowest BCUT2D eigenvalue weighted by molar-refractivity contribution is -0.158. The van der Waals surface area contributed by atoms with Crippen LogP contribution in [0, 0.1) is 23.7 Å².